The van der Waals surface area contributed by atoms with Gasteiger partial charge in [-0.1, -0.05) is 0 Å². The summed E-state index contributed by atoms with van der Waals surface area (Å²) in [7, 11) is 4.02. The Morgan fingerprint density at radius 3 is 3.07 bits per heavy atom. The molecule has 2 aromatic heterocycles. The van der Waals surface area contributed by atoms with E-state index < -0.39 is 0 Å². The zero-order valence-corrected chi connectivity index (χ0v) is 9.20. The number of nitrogens with one attached hydrogen (secondary N) is 1. The summed E-state index contributed by atoms with van der Waals surface area (Å²) in [5.41, 5.74) is 1.96. The van der Waals surface area contributed by atoms with Crippen LogP contribution in [0.1, 0.15) is 12.2 Å². The molecule has 1 N–H and O–H groups in total. The van der Waals surface area contributed by atoms with Crippen LogP contribution < -0.4 is 5.32 Å². The molecule has 0 atom stereocenters. The molecule has 0 fully saturated rings. The molecule has 0 unspecified atom stereocenters. The first-order valence-electron chi connectivity index (χ1n) is 5.24. The van der Waals surface area contributed by atoms with Gasteiger partial charge in [-0.2, -0.15) is 0 Å². The normalized spacial score (nSPS) is 11.1. The molecule has 80 valence electrons. The van der Waals surface area contributed by atoms with Gasteiger partial charge in [0, 0.05) is 19.7 Å². The molecule has 0 aliphatic carbocycles. The Hall–Kier alpha value is -1.42. The van der Waals surface area contributed by atoms with E-state index in [0.29, 0.717) is 0 Å². The van der Waals surface area contributed by atoms with E-state index in [2.05, 4.69) is 25.9 Å². The maximum Gasteiger partial charge on any atom is 0.177 e. The minimum atomic E-state index is 0.847. The molecule has 2 heterocycles. The van der Waals surface area contributed by atoms with E-state index in [1.165, 1.54) is 0 Å². The quantitative estimate of drug-likeness (QED) is 0.759. The van der Waals surface area contributed by atoms with Crippen molar-refractivity contribution in [3.8, 4) is 0 Å². The van der Waals surface area contributed by atoms with Gasteiger partial charge in [0.1, 0.15) is 5.82 Å². The largest absolute Gasteiger partial charge is 0.330 e. The van der Waals surface area contributed by atoms with Gasteiger partial charge < -0.3 is 9.88 Å². The minimum absolute atomic E-state index is 0.847. The third kappa shape index (κ3) is 1.99. The smallest absolute Gasteiger partial charge is 0.177 e. The monoisotopic (exact) mass is 204 g/mol. The lowest BCUT2D eigenvalue weighted by molar-refractivity contribution is 0.684. The molecular weight excluding hydrogens is 188 g/mol. The first-order chi connectivity index (χ1) is 7.33. The average Bonchev–Trinajstić information content (AvgIpc) is 2.57. The van der Waals surface area contributed by atoms with E-state index in [1.54, 1.807) is 6.20 Å². The SMILES string of the molecule is CNCCCc1nc2ncccc2n1C. The molecule has 4 heteroatoms. The molecule has 0 saturated carbocycles. The number of hydrogen-bond acceptors (Lipinski definition) is 3. The fraction of sp³-hybridized carbons (Fsp3) is 0.455. The topological polar surface area (TPSA) is 42.7 Å². The van der Waals surface area contributed by atoms with Crippen molar-refractivity contribution in [2.24, 2.45) is 7.05 Å². The second-order valence-corrected chi connectivity index (χ2v) is 3.64. The Bertz CT molecular complexity index is 447. The zero-order chi connectivity index (χ0) is 10.7. The fourth-order valence-electron chi connectivity index (χ4n) is 1.72. The van der Waals surface area contributed by atoms with Gasteiger partial charge in [-0.15, -0.1) is 0 Å². The Morgan fingerprint density at radius 1 is 1.47 bits per heavy atom. The number of pyridine rings is 1. The molecule has 0 aliphatic rings. The fourth-order valence-corrected chi connectivity index (χ4v) is 1.72. The standard InChI is InChI=1S/C11H16N4/c1-12-7-4-6-10-14-11-9(15(10)2)5-3-8-13-11/h3,5,8,12H,4,6-7H2,1-2H3. The predicted octanol–water partition coefficient (Wildman–Crippen LogP) is 1.12. The van der Waals surface area contributed by atoms with Crippen molar-refractivity contribution in [3.05, 3.63) is 24.2 Å². The lowest BCUT2D eigenvalue weighted by atomic mass is 10.3. The summed E-state index contributed by atoms with van der Waals surface area (Å²) in [4.78, 5) is 8.75. The molecule has 0 saturated heterocycles. The molecule has 15 heavy (non-hydrogen) atoms. The van der Waals surface area contributed by atoms with Crippen LogP contribution in [-0.4, -0.2) is 28.1 Å². The van der Waals surface area contributed by atoms with Crippen LogP contribution in [0, 0.1) is 0 Å². The maximum absolute atomic E-state index is 4.51. The molecule has 4 nitrogen and oxygen atoms in total. The summed E-state index contributed by atoms with van der Waals surface area (Å²) < 4.78 is 2.12. The number of hydrogen-bond donors (Lipinski definition) is 1. The first-order valence-corrected chi connectivity index (χ1v) is 5.24. The lowest BCUT2D eigenvalue weighted by Gasteiger charge is -2.01. The predicted molar refractivity (Wildman–Crippen MR) is 60.8 cm³/mol. The van der Waals surface area contributed by atoms with Crippen molar-refractivity contribution < 1.29 is 0 Å². The van der Waals surface area contributed by atoms with E-state index in [0.717, 1.165) is 36.4 Å². The van der Waals surface area contributed by atoms with Crippen molar-refractivity contribution in [1.29, 1.82) is 0 Å². The molecule has 0 aliphatic heterocycles. The molecule has 0 amide bonds. The maximum atomic E-state index is 4.51. The van der Waals surface area contributed by atoms with Gasteiger partial charge in [-0.3, -0.25) is 0 Å². The van der Waals surface area contributed by atoms with Gasteiger partial charge in [0.2, 0.25) is 0 Å². The van der Waals surface area contributed by atoms with Gasteiger partial charge in [0.25, 0.3) is 0 Å². The molecule has 0 spiro atoms. The number of fused-ring (bicyclic) bond motifs is 1. The summed E-state index contributed by atoms with van der Waals surface area (Å²) >= 11 is 0. The summed E-state index contributed by atoms with van der Waals surface area (Å²) in [6, 6.07) is 4.00. The zero-order valence-electron chi connectivity index (χ0n) is 9.20. The van der Waals surface area contributed by atoms with E-state index in [-0.39, 0.29) is 0 Å². The molecule has 0 radical (unpaired) electrons. The highest BCUT2D eigenvalue weighted by Crippen LogP contribution is 2.12. The Kier molecular flexibility index (Phi) is 2.97. The molecule has 0 aromatic carbocycles. The number of aryl methyl sites for hydroxylation is 2. The van der Waals surface area contributed by atoms with Gasteiger partial charge in [0.15, 0.2) is 5.65 Å². The van der Waals surface area contributed by atoms with Gasteiger partial charge in [-0.25, -0.2) is 9.97 Å². The Morgan fingerprint density at radius 2 is 2.33 bits per heavy atom. The average molecular weight is 204 g/mol. The summed E-state index contributed by atoms with van der Waals surface area (Å²) in [5.74, 6) is 1.11. The second-order valence-electron chi connectivity index (χ2n) is 3.64. The molecule has 2 aromatic rings. The van der Waals surface area contributed by atoms with Gasteiger partial charge in [0.05, 0.1) is 5.52 Å². The highest BCUT2D eigenvalue weighted by Gasteiger charge is 2.06. The second kappa shape index (κ2) is 4.40. The van der Waals surface area contributed by atoms with Crippen LogP contribution in [0.5, 0.6) is 0 Å². The van der Waals surface area contributed by atoms with Crippen molar-refractivity contribution in [1.82, 2.24) is 19.9 Å². The molecule has 2 rings (SSSR count). The minimum Gasteiger partial charge on any atom is -0.330 e. The summed E-state index contributed by atoms with van der Waals surface area (Å²) in [6.45, 7) is 1.02. The number of rotatable bonds is 4. The van der Waals surface area contributed by atoms with E-state index >= 15 is 0 Å². The third-order valence-corrected chi connectivity index (χ3v) is 2.58. The highest BCUT2D eigenvalue weighted by molar-refractivity contribution is 5.71. The van der Waals surface area contributed by atoms with Crippen LogP contribution in [0.4, 0.5) is 0 Å². The Labute approximate surface area is 89.3 Å². The number of nitrogens with zero attached hydrogens (tertiary/aromatic N) is 3. The van der Waals surface area contributed by atoms with Crippen molar-refractivity contribution in [2.45, 2.75) is 12.8 Å². The van der Waals surface area contributed by atoms with E-state index in [1.807, 2.05) is 20.2 Å². The first kappa shape index (κ1) is 10.1. The molecule has 0 bridgehead atoms. The Balaban J connectivity index is 2.24. The van der Waals surface area contributed by atoms with E-state index in [9.17, 15) is 0 Å². The highest BCUT2D eigenvalue weighted by atomic mass is 15.1. The van der Waals surface area contributed by atoms with Crippen molar-refractivity contribution in [2.75, 3.05) is 13.6 Å². The van der Waals surface area contributed by atoms with E-state index in [4.69, 9.17) is 0 Å². The van der Waals surface area contributed by atoms with Crippen LogP contribution in [0.15, 0.2) is 18.3 Å². The summed E-state index contributed by atoms with van der Waals surface area (Å²) in [6.07, 6.45) is 3.88. The van der Waals surface area contributed by atoms with Crippen molar-refractivity contribution >= 4 is 11.2 Å². The van der Waals surface area contributed by atoms with Crippen LogP contribution in [-0.2, 0) is 13.5 Å². The lowest BCUT2D eigenvalue weighted by Crippen LogP contribution is -2.09. The van der Waals surface area contributed by atoms with Crippen LogP contribution >= 0.6 is 0 Å². The van der Waals surface area contributed by atoms with Crippen LogP contribution in [0.2, 0.25) is 0 Å². The van der Waals surface area contributed by atoms with Gasteiger partial charge >= 0.3 is 0 Å². The van der Waals surface area contributed by atoms with Crippen LogP contribution in [0.3, 0.4) is 0 Å². The molecular formula is C11H16N4. The van der Waals surface area contributed by atoms with Crippen LogP contribution in [0.25, 0.3) is 11.2 Å². The third-order valence-electron chi connectivity index (χ3n) is 2.58. The van der Waals surface area contributed by atoms with Gasteiger partial charge in [-0.05, 0) is 32.1 Å². The number of aromatic nitrogens is 3. The number of imidazole rings is 1. The van der Waals surface area contributed by atoms with Crippen molar-refractivity contribution in [3.63, 3.8) is 0 Å². The summed E-state index contributed by atoms with van der Waals surface area (Å²) in [5, 5.41) is 3.14.